The topological polar surface area (TPSA) is 38.9 Å². The monoisotopic (exact) mass is 506 g/mol. The minimum atomic E-state index is 0.684. The molecule has 5 aromatic rings. The van der Waals surface area contributed by atoms with Crippen LogP contribution in [0.15, 0.2) is 106 Å². The average Bonchev–Trinajstić information content (AvgIpc) is 3.19. The quantitative estimate of drug-likeness (QED) is 0.223. The molecule has 0 aliphatic carbocycles. The molecule has 4 heteroatoms. The van der Waals surface area contributed by atoms with Gasteiger partial charge in [0.25, 0.3) is 0 Å². The number of aromatic nitrogens is 2. The van der Waals surface area contributed by atoms with Crippen LogP contribution in [0, 0.1) is 6.92 Å². The number of hydrogen-bond donors (Lipinski definition) is 0. The highest BCUT2D eigenvalue weighted by atomic mass is 79.9. The Morgan fingerprint density at radius 1 is 0.765 bits per heavy atom. The summed E-state index contributed by atoms with van der Waals surface area (Å²) in [6.07, 6.45) is 7.92. The van der Waals surface area contributed by atoms with Crippen molar-refractivity contribution < 1.29 is 4.42 Å². The summed E-state index contributed by atoms with van der Waals surface area (Å²) in [5, 5.41) is 0. The van der Waals surface area contributed by atoms with Gasteiger partial charge in [0.05, 0.1) is 0 Å². The molecule has 0 unspecified atom stereocenters. The Morgan fingerprint density at radius 2 is 1.47 bits per heavy atom. The number of rotatable bonds is 5. The van der Waals surface area contributed by atoms with Crippen molar-refractivity contribution in [2.24, 2.45) is 0 Å². The molecule has 3 aromatic carbocycles. The van der Waals surface area contributed by atoms with Crippen LogP contribution in [0.4, 0.5) is 0 Å². The Morgan fingerprint density at radius 3 is 2.24 bits per heavy atom. The fraction of sp³-hybridized carbons (Fsp3) is 0.0667. The van der Waals surface area contributed by atoms with Crippen LogP contribution in [0.1, 0.15) is 18.2 Å². The van der Waals surface area contributed by atoms with Crippen LogP contribution >= 0.6 is 15.9 Å². The maximum Gasteiger partial charge on any atom is 0.179 e. The molecule has 2 aromatic heterocycles. The van der Waals surface area contributed by atoms with E-state index < -0.39 is 0 Å². The van der Waals surface area contributed by atoms with E-state index in [0.29, 0.717) is 11.4 Å². The van der Waals surface area contributed by atoms with Crippen molar-refractivity contribution in [1.82, 2.24) is 9.97 Å². The predicted octanol–water partition coefficient (Wildman–Crippen LogP) is 8.88. The second-order valence-electron chi connectivity index (χ2n) is 8.01. The highest BCUT2D eigenvalue weighted by molar-refractivity contribution is 9.10. The Hall–Kier alpha value is -3.76. The van der Waals surface area contributed by atoms with Gasteiger partial charge in [-0.25, -0.2) is 9.97 Å². The van der Waals surface area contributed by atoms with Crippen molar-refractivity contribution in [3.05, 3.63) is 113 Å². The van der Waals surface area contributed by atoms with Gasteiger partial charge in [0.2, 0.25) is 0 Å². The number of fused-ring (bicyclic) bond motifs is 1. The van der Waals surface area contributed by atoms with Crippen LogP contribution < -0.4 is 0 Å². The summed E-state index contributed by atoms with van der Waals surface area (Å²) in [5.41, 5.74) is 7.52. The molecule has 34 heavy (non-hydrogen) atoms. The van der Waals surface area contributed by atoms with Crippen LogP contribution in [0.5, 0.6) is 0 Å². The first-order valence-electron chi connectivity index (χ1n) is 11.2. The van der Waals surface area contributed by atoms with Crippen LogP contribution in [0.3, 0.4) is 0 Å². The number of furan rings is 1. The molecule has 166 valence electrons. The van der Waals surface area contributed by atoms with Crippen LogP contribution in [-0.4, -0.2) is 9.97 Å². The van der Waals surface area contributed by atoms with Crippen molar-refractivity contribution in [1.29, 1.82) is 0 Å². The molecule has 0 fully saturated rings. The van der Waals surface area contributed by atoms with Crippen LogP contribution in [0.25, 0.3) is 50.9 Å². The second-order valence-corrected chi connectivity index (χ2v) is 8.92. The molecule has 0 amide bonds. The minimum absolute atomic E-state index is 0.684. The standard InChI is InChI=1S/C30H23BrN2O/c1-3-4-6-17-26-20(2)27-29(34-26)28(33-30(32-27)21-11-7-5-8-12-21)24-15-9-13-22(18-24)23-14-10-16-25(31)19-23/h3-19H,1-2H3/b4-3-,17-6-. The SMILES string of the molecule is C/C=C\C=C/c1oc2c(-c3cccc(-c4cccc(Br)c4)c3)nc(-c3ccccc3)nc2c1C. The number of aryl methyl sites for hydroxylation is 1. The van der Waals surface area contributed by atoms with E-state index in [2.05, 4.69) is 52.3 Å². The zero-order valence-corrected chi connectivity index (χ0v) is 20.6. The maximum absolute atomic E-state index is 6.33. The van der Waals surface area contributed by atoms with E-state index in [0.717, 1.165) is 49.3 Å². The molecule has 2 heterocycles. The van der Waals surface area contributed by atoms with E-state index in [1.807, 2.05) is 80.6 Å². The predicted molar refractivity (Wildman–Crippen MR) is 144 cm³/mol. The molecule has 0 aliphatic heterocycles. The van der Waals surface area contributed by atoms with E-state index in [1.165, 1.54) is 0 Å². The van der Waals surface area contributed by atoms with Gasteiger partial charge in [-0.1, -0.05) is 94.8 Å². The highest BCUT2D eigenvalue weighted by Gasteiger charge is 2.19. The summed E-state index contributed by atoms with van der Waals surface area (Å²) in [7, 11) is 0. The highest BCUT2D eigenvalue weighted by Crippen LogP contribution is 2.36. The molecule has 0 N–H and O–H groups in total. The average molecular weight is 507 g/mol. The molecule has 0 bridgehead atoms. The van der Waals surface area contributed by atoms with Crippen LogP contribution in [0.2, 0.25) is 0 Å². The molecule has 0 atom stereocenters. The fourth-order valence-corrected chi connectivity index (χ4v) is 4.34. The minimum Gasteiger partial charge on any atom is -0.452 e. The van der Waals surface area contributed by atoms with Crippen LogP contribution in [-0.2, 0) is 0 Å². The van der Waals surface area contributed by atoms with E-state index >= 15 is 0 Å². The number of halogens is 1. The molecule has 0 saturated heterocycles. The van der Waals surface area contributed by atoms with Crippen molar-refractivity contribution >= 4 is 33.1 Å². The largest absolute Gasteiger partial charge is 0.452 e. The van der Waals surface area contributed by atoms with Crippen molar-refractivity contribution in [2.45, 2.75) is 13.8 Å². The summed E-state index contributed by atoms with van der Waals surface area (Å²) < 4.78 is 7.38. The van der Waals surface area contributed by atoms with Gasteiger partial charge in [-0.2, -0.15) is 0 Å². The molecule has 3 nitrogen and oxygen atoms in total. The number of nitrogens with zero attached hydrogens (tertiary/aromatic N) is 2. The lowest BCUT2D eigenvalue weighted by molar-refractivity contribution is 0.600. The third kappa shape index (κ3) is 4.37. The van der Waals surface area contributed by atoms with Gasteiger partial charge in [0.15, 0.2) is 11.4 Å². The smallest absolute Gasteiger partial charge is 0.179 e. The summed E-state index contributed by atoms with van der Waals surface area (Å²) >= 11 is 3.58. The van der Waals surface area contributed by atoms with E-state index in [-0.39, 0.29) is 0 Å². The first-order valence-corrected chi connectivity index (χ1v) is 12.0. The first kappa shape index (κ1) is 22.1. The lowest BCUT2D eigenvalue weighted by atomic mass is 10.0. The zero-order chi connectivity index (χ0) is 23.5. The van der Waals surface area contributed by atoms with E-state index in [9.17, 15) is 0 Å². The van der Waals surface area contributed by atoms with Gasteiger partial charge < -0.3 is 4.42 Å². The second kappa shape index (κ2) is 9.62. The molecule has 0 aliphatic rings. The normalized spacial score (nSPS) is 11.7. The van der Waals surface area contributed by atoms with Crippen molar-refractivity contribution in [3.8, 4) is 33.8 Å². The number of benzene rings is 3. The van der Waals surface area contributed by atoms with Gasteiger partial charge in [-0.3, -0.25) is 0 Å². The molecular formula is C30H23BrN2O. The Bertz CT molecular complexity index is 1530. The lowest BCUT2D eigenvalue weighted by Gasteiger charge is -2.09. The maximum atomic E-state index is 6.33. The van der Waals surface area contributed by atoms with E-state index in [4.69, 9.17) is 14.4 Å². The van der Waals surface area contributed by atoms with Crippen molar-refractivity contribution in [3.63, 3.8) is 0 Å². The Balaban J connectivity index is 1.74. The Labute approximate surface area is 207 Å². The molecule has 0 saturated carbocycles. The molecule has 0 spiro atoms. The van der Waals surface area contributed by atoms with Gasteiger partial charge in [0, 0.05) is 21.2 Å². The van der Waals surface area contributed by atoms with Gasteiger partial charge in [-0.05, 0) is 49.2 Å². The van der Waals surface area contributed by atoms with Gasteiger partial charge in [-0.15, -0.1) is 0 Å². The number of hydrogen-bond acceptors (Lipinski definition) is 3. The summed E-state index contributed by atoms with van der Waals surface area (Å²) in [5.74, 6) is 1.47. The Kier molecular flexibility index (Phi) is 6.24. The lowest BCUT2D eigenvalue weighted by Crippen LogP contribution is -1.94. The summed E-state index contributed by atoms with van der Waals surface area (Å²) in [6, 6.07) is 26.8. The summed E-state index contributed by atoms with van der Waals surface area (Å²) in [4.78, 5) is 9.90. The molecule has 0 radical (unpaired) electrons. The van der Waals surface area contributed by atoms with Crippen molar-refractivity contribution in [2.75, 3.05) is 0 Å². The number of allylic oxidation sites excluding steroid dienone is 3. The van der Waals surface area contributed by atoms with Gasteiger partial charge in [0.1, 0.15) is 17.0 Å². The van der Waals surface area contributed by atoms with Gasteiger partial charge >= 0.3 is 0 Å². The fourth-order valence-electron chi connectivity index (χ4n) is 3.94. The first-order chi connectivity index (χ1) is 16.6. The molecule has 5 rings (SSSR count). The zero-order valence-electron chi connectivity index (χ0n) is 19.0. The third-order valence-corrected chi connectivity index (χ3v) is 6.17. The van der Waals surface area contributed by atoms with E-state index in [1.54, 1.807) is 0 Å². The third-order valence-electron chi connectivity index (χ3n) is 5.68. The molecular weight excluding hydrogens is 484 g/mol. The summed E-state index contributed by atoms with van der Waals surface area (Å²) in [6.45, 7) is 4.04.